The highest BCUT2D eigenvalue weighted by molar-refractivity contribution is 5.69. The Morgan fingerprint density at radius 2 is 1.89 bits per heavy atom. The molecule has 0 amide bonds. The van der Waals surface area contributed by atoms with Gasteiger partial charge in [0.15, 0.2) is 0 Å². The minimum Gasteiger partial charge on any atom is -0.481 e. The van der Waals surface area contributed by atoms with E-state index in [0.29, 0.717) is 6.42 Å². The van der Waals surface area contributed by atoms with Crippen LogP contribution in [0.15, 0.2) is 24.3 Å². The first-order chi connectivity index (χ1) is 9.00. The van der Waals surface area contributed by atoms with E-state index in [0.717, 1.165) is 31.2 Å². The fraction of sp³-hybridized carbons (Fsp3) is 0.500. The lowest BCUT2D eigenvalue weighted by atomic mass is 10.0. The van der Waals surface area contributed by atoms with Crippen LogP contribution >= 0.6 is 0 Å². The van der Waals surface area contributed by atoms with Crippen LogP contribution in [0.3, 0.4) is 0 Å². The molecule has 1 unspecified atom stereocenters. The zero-order valence-corrected chi connectivity index (χ0v) is 11.0. The van der Waals surface area contributed by atoms with Crippen LogP contribution in [0.25, 0.3) is 0 Å². The second-order valence-electron chi connectivity index (χ2n) is 4.76. The molecule has 1 rings (SSSR count). The molecule has 0 radical (unpaired) electrons. The molecule has 5 nitrogen and oxygen atoms in total. The van der Waals surface area contributed by atoms with Gasteiger partial charge in [-0.2, -0.15) is 0 Å². The molecule has 0 bridgehead atoms. The van der Waals surface area contributed by atoms with Gasteiger partial charge in [-0.1, -0.05) is 31.9 Å². The van der Waals surface area contributed by atoms with Crippen molar-refractivity contribution in [2.24, 2.45) is 5.92 Å². The highest BCUT2D eigenvalue weighted by Crippen LogP contribution is 2.15. The normalized spacial score (nSPS) is 12.1. The van der Waals surface area contributed by atoms with Crippen molar-refractivity contribution in [3.63, 3.8) is 0 Å². The number of carbonyl (C=O) groups is 1. The molecule has 0 fully saturated rings. The van der Waals surface area contributed by atoms with E-state index in [1.54, 1.807) is 19.1 Å². The van der Waals surface area contributed by atoms with E-state index in [4.69, 9.17) is 5.11 Å². The number of unbranched alkanes of at least 4 members (excludes halogenated alkanes) is 2. The van der Waals surface area contributed by atoms with Crippen molar-refractivity contribution in [1.82, 2.24) is 0 Å². The maximum absolute atomic E-state index is 10.6. The number of nitrogens with zero attached hydrogens (tertiary/aromatic N) is 1. The summed E-state index contributed by atoms with van der Waals surface area (Å²) < 4.78 is 0. The lowest BCUT2D eigenvalue weighted by molar-refractivity contribution is -0.384. The zero-order valence-electron chi connectivity index (χ0n) is 11.0. The van der Waals surface area contributed by atoms with E-state index in [9.17, 15) is 14.9 Å². The minimum atomic E-state index is -0.740. The van der Waals surface area contributed by atoms with Crippen molar-refractivity contribution >= 4 is 11.7 Å². The summed E-state index contributed by atoms with van der Waals surface area (Å²) in [5, 5.41) is 19.2. The Hall–Kier alpha value is -1.91. The predicted octanol–water partition coefficient (Wildman–Crippen LogP) is 3.42. The molecule has 1 atom stereocenters. The molecule has 1 aromatic carbocycles. The molecule has 5 heteroatoms. The number of non-ortho nitro benzene ring substituents is 1. The number of hydrogen-bond acceptors (Lipinski definition) is 3. The largest absolute Gasteiger partial charge is 0.481 e. The van der Waals surface area contributed by atoms with Gasteiger partial charge in [0.05, 0.1) is 10.8 Å². The van der Waals surface area contributed by atoms with E-state index in [1.165, 1.54) is 12.1 Å². The topological polar surface area (TPSA) is 80.4 Å². The van der Waals surface area contributed by atoms with Gasteiger partial charge in [-0.3, -0.25) is 14.9 Å². The van der Waals surface area contributed by atoms with Gasteiger partial charge in [-0.25, -0.2) is 0 Å². The highest BCUT2D eigenvalue weighted by Gasteiger charge is 2.09. The summed E-state index contributed by atoms with van der Waals surface area (Å²) in [6.07, 6.45) is 4.44. The molecule has 0 aliphatic heterocycles. The molecule has 0 aliphatic rings. The number of carboxylic acid groups (broad SMARTS) is 1. The Kier molecular flexibility index (Phi) is 5.99. The Labute approximate surface area is 112 Å². The fourth-order valence-corrected chi connectivity index (χ4v) is 1.86. The number of nitro groups is 1. The van der Waals surface area contributed by atoms with Crippen LogP contribution in [0.5, 0.6) is 0 Å². The molecule has 1 N–H and O–H groups in total. The van der Waals surface area contributed by atoms with Crippen LogP contribution in [0.2, 0.25) is 0 Å². The second-order valence-corrected chi connectivity index (χ2v) is 4.76. The number of aryl methyl sites for hydroxylation is 1. The summed E-state index contributed by atoms with van der Waals surface area (Å²) in [7, 11) is 0. The van der Waals surface area contributed by atoms with E-state index in [-0.39, 0.29) is 11.6 Å². The van der Waals surface area contributed by atoms with Crippen LogP contribution in [0.4, 0.5) is 5.69 Å². The first-order valence-corrected chi connectivity index (χ1v) is 6.47. The molecule has 0 spiro atoms. The zero-order chi connectivity index (χ0) is 14.3. The van der Waals surface area contributed by atoms with Crippen molar-refractivity contribution in [1.29, 1.82) is 0 Å². The van der Waals surface area contributed by atoms with Gasteiger partial charge in [0, 0.05) is 12.1 Å². The number of benzene rings is 1. The highest BCUT2D eigenvalue weighted by atomic mass is 16.6. The maximum Gasteiger partial charge on any atom is 0.306 e. The van der Waals surface area contributed by atoms with Crippen molar-refractivity contribution in [3.8, 4) is 0 Å². The first kappa shape index (κ1) is 15.1. The van der Waals surface area contributed by atoms with E-state index < -0.39 is 10.9 Å². The lowest BCUT2D eigenvalue weighted by Crippen LogP contribution is -2.08. The van der Waals surface area contributed by atoms with Gasteiger partial charge in [-0.05, 0) is 24.8 Å². The van der Waals surface area contributed by atoms with Gasteiger partial charge in [-0.15, -0.1) is 0 Å². The monoisotopic (exact) mass is 265 g/mol. The average molecular weight is 265 g/mol. The van der Waals surface area contributed by atoms with Gasteiger partial charge < -0.3 is 5.11 Å². The maximum atomic E-state index is 10.6. The van der Waals surface area contributed by atoms with Crippen LogP contribution in [0.1, 0.15) is 38.2 Å². The Morgan fingerprint density at radius 1 is 1.26 bits per heavy atom. The lowest BCUT2D eigenvalue weighted by Gasteiger charge is -2.05. The molecular weight excluding hydrogens is 246 g/mol. The standard InChI is InChI=1S/C14H19NO4/c1-11(14(16)17)5-3-2-4-6-12-7-9-13(10-8-12)15(18)19/h7-11H,2-6H2,1H3,(H,16,17). The first-order valence-electron chi connectivity index (χ1n) is 6.47. The van der Waals surface area contributed by atoms with Crippen LogP contribution < -0.4 is 0 Å². The van der Waals surface area contributed by atoms with Gasteiger partial charge in [0.1, 0.15) is 0 Å². The Balaban J connectivity index is 2.22. The molecule has 104 valence electrons. The smallest absolute Gasteiger partial charge is 0.306 e. The van der Waals surface area contributed by atoms with Gasteiger partial charge in [0.2, 0.25) is 0 Å². The van der Waals surface area contributed by atoms with Crippen LogP contribution in [0, 0.1) is 16.0 Å². The molecule has 0 aromatic heterocycles. The molecule has 0 saturated heterocycles. The summed E-state index contributed by atoms with van der Waals surface area (Å²) in [4.78, 5) is 20.7. The molecule has 19 heavy (non-hydrogen) atoms. The van der Waals surface area contributed by atoms with Crippen LogP contribution in [-0.4, -0.2) is 16.0 Å². The van der Waals surface area contributed by atoms with E-state index >= 15 is 0 Å². The number of hydrogen-bond donors (Lipinski definition) is 1. The van der Waals surface area contributed by atoms with E-state index in [2.05, 4.69) is 0 Å². The number of rotatable bonds is 8. The number of aliphatic carboxylic acids is 1. The quantitative estimate of drug-likeness (QED) is 0.443. The predicted molar refractivity (Wildman–Crippen MR) is 72.1 cm³/mol. The molecule has 0 saturated carbocycles. The van der Waals surface area contributed by atoms with Crippen molar-refractivity contribution < 1.29 is 14.8 Å². The second kappa shape index (κ2) is 7.51. The summed E-state index contributed by atoms with van der Waals surface area (Å²) in [5.74, 6) is -1.02. The third-order valence-electron chi connectivity index (χ3n) is 3.17. The summed E-state index contributed by atoms with van der Waals surface area (Å²) in [6, 6.07) is 6.58. The summed E-state index contributed by atoms with van der Waals surface area (Å²) in [5.41, 5.74) is 1.19. The number of carboxylic acids is 1. The third-order valence-corrected chi connectivity index (χ3v) is 3.17. The Bertz CT molecular complexity index is 428. The Morgan fingerprint density at radius 3 is 2.42 bits per heavy atom. The SMILES string of the molecule is CC(CCCCCc1ccc([N+](=O)[O-])cc1)C(=O)O. The molecular formula is C14H19NO4. The van der Waals surface area contributed by atoms with Gasteiger partial charge >= 0.3 is 5.97 Å². The molecule has 0 aliphatic carbocycles. The minimum absolute atomic E-state index is 0.110. The summed E-state index contributed by atoms with van der Waals surface area (Å²) in [6.45, 7) is 1.72. The van der Waals surface area contributed by atoms with Crippen molar-refractivity contribution in [3.05, 3.63) is 39.9 Å². The van der Waals surface area contributed by atoms with Crippen molar-refractivity contribution in [2.45, 2.75) is 39.0 Å². The summed E-state index contributed by atoms with van der Waals surface area (Å²) >= 11 is 0. The fourth-order valence-electron chi connectivity index (χ4n) is 1.86. The molecule has 0 heterocycles. The average Bonchev–Trinajstić information content (AvgIpc) is 2.38. The number of nitro benzene ring substituents is 1. The van der Waals surface area contributed by atoms with Gasteiger partial charge in [0.25, 0.3) is 5.69 Å². The van der Waals surface area contributed by atoms with Crippen LogP contribution in [-0.2, 0) is 11.2 Å². The van der Waals surface area contributed by atoms with Crippen molar-refractivity contribution in [2.75, 3.05) is 0 Å². The third kappa shape index (κ3) is 5.50. The van der Waals surface area contributed by atoms with E-state index in [1.807, 2.05) is 0 Å². The molecule has 1 aromatic rings.